The molecule has 19 heavy (non-hydrogen) atoms. The molecule has 110 valence electrons. The van der Waals surface area contributed by atoms with Crippen molar-refractivity contribution in [1.29, 1.82) is 0 Å². The van der Waals surface area contributed by atoms with Crippen molar-refractivity contribution in [3.8, 4) is 0 Å². The molecule has 0 radical (unpaired) electrons. The topological polar surface area (TPSA) is 35.5 Å². The normalized spacial score (nSPS) is 36.2. The van der Waals surface area contributed by atoms with Crippen molar-refractivity contribution in [2.24, 2.45) is 23.7 Å². The summed E-state index contributed by atoms with van der Waals surface area (Å²) in [6, 6.07) is 0. The van der Waals surface area contributed by atoms with E-state index in [1.165, 1.54) is 19.3 Å². The third kappa shape index (κ3) is 4.20. The van der Waals surface area contributed by atoms with Crippen LogP contribution in [0.4, 0.5) is 0 Å². The van der Waals surface area contributed by atoms with E-state index in [2.05, 4.69) is 20.8 Å². The van der Waals surface area contributed by atoms with E-state index in [-0.39, 0.29) is 18.0 Å². The van der Waals surface area contributed by atoms with Gasteiger partial charge in [-0.15, -0.1) is 0 Å². The fourth-order valence-corrected chi connectivity index (χ4v) is 3.39. The molecule has 0 N–H and O–H groups in total. The average molecular weight is 268 g/mol. The number of fused-ring (bicyclic) bond motifs is 2. The Balaban J connectivity index is 0.000000297. The molecule has 3 rings (SSSR count). The lowest BCUT2D eigenvalue weighted by Crippen LogP contribution is -2.27. The molecule has 3 fully saturated rings. The zero-order valence-corrected chi connectivity index (χ0v) is 12.6. The Morgan fingerprint density at radius 2 is 1.89 bits per heavy atom. The summed E-state index contributed by atoms with van der Waals surface area (Å²) in [5.41, 5.74) is 0. The highest BCUT2D eigenvalue weighted by molar-refractivity contribution is 5.73. The van der Waals surface area contributed by atoms with Crippen LogP contribution in [-0.4, -0.2) is 25.3 Å². The highest BCUT2D eigenvalue weighted by atomic mass is 16.6. The van der Waals surface area contributed by atoms with Crippen LogP contribution in [0.3, 0.4) is 0 Å². The third-order valence-corrected chi connectivity index (χ3v) is 4.21. The van der Waals surface area contributed by atoms with E-state index in [9.17, 15) is 4.79 Å². The highest BCUT2D eigenvalue weighted by Gasteiger charge is 2.44. The van der Waals surface area contributed by atoms with Crippen molar-refractivity contribution in [2.45, 2.75) is 59.0 Å². The van der Waals surface area contributed by atoms with Crippen molar-refractivity contribution < 1.29 is 14.3 Å². The molecule has 1 saturated heterocycles. The molecule has 1 heterocycles. The standard InChI is InChI=1S/C12H18O3.C4H10/c13-12(15-10-3-4-14-7-10)11-6-8-1-2-9(11)5-8;1-4(2)3/h8-11H,1-7H2;4H,1-3H3. The summed E-state index contributed by atoms with van der Waals surface area (Å²) >= 11 is 0. The molecule has 0 aromatic rings. The van der Waals surface area contributed by atoms with Crippen molar-refractivity contribution in [3.05, 3.63) is 0 Å². The van der Waals surface area contributed by atoms with Crippen LogP contribution >= 0.6 is 0 Å². The summed E-state index contributed by atoms with van der Waals surface area (Å²) < 4.78 is 10.7. The predicted octanol–water partition coefficient (Wildman–Crippen LogP) is 3.42. The van der Waals surface area contributed by atoms with E-state index in [1.54, 1.807) is 0 Å². The Morgan fingerprint density at radius 1 is 1.16 bits per heavy atom. The number of ether oxygens (including phenoxy) is 2. The monoisotopic (exact) mass is 268 g/mol. The van der Waals surface area contributed by atoms with Gasteiger partial charge in [-0.05, 0) is 37.0 Å². The van der Waals surface area contributed by atoms with Crippen molar-refractivity contribution in [3.63, 3.8) is 0 Å². The maximum Gasteiger partial charge on any atom is 0.309 e. The molecule has 2 bridgehead atoms. The number of hydrogen-bond acceptors (Lipinski definition) is 3. The Hall–Kier alpha value is -0.570. The first-order valence-electron chi connectivity index (χ1n) is 7.84. The molecule has 3 aliphatic rings. The van der Waals surface area contributed by atoms with E-state index in [0.717, 1.165) is 31.3 Å². The molecule has 0 aromatic heterocycles. The molecule has 3 heteroatoms. The third-order valence-electron chi connectivity index (χ3n) is 4.21. The number of carbonyl (C=O) groups excluding carboxylic acids is 1. The van der Waals surface area contributed by atoms with E-state index in [1.807, 2.05) is 0 Å². The lowest BCUT2D eigenvalue weighted by atomic mass is 9.89. The van der Waals surface area contributed by atoms with Crippen molar-refractivity contribution in [1.82, 2.24) is 0 Å². The van der Waals surface area contributed by atoms with Crippen LogP contribution in [0.1, 0.15) is 52.9 Å². The first-order chi connectivity index (χ1) is 9.06. The molecule has 0 aromatic carbocycles. The minimum atomic E-state index is 0.0385. The largest absolute Gasteiger partial charge is 0.460 e. The minimum absolute atomic E-state index is 0.0385. The van der Waals surface area contributed by atoms with E-state index < -0.39 is 0 Å². The molecule has 4 atom stereocenters. The zero-order chi connectivity index (χ0) is 13.8. The molecule has 1 aliphatic heterocycles. The Kier molecular flexibility index (Phi) is 5.26. The maximum atomic E-state index is 11.9. The molecule has 2 aliphatic carbocycles. The first-order valence-corrected chi connectivity index (χ1v) is 7.84. The smallest absolute Gasteiger partial charge is 0.309 e. The summed E-state index contributed by atoms with van der Waals surface area (Å²) in [7, 11) is 0. The van der Waals surface area contributed by atoms with Gasteiger partial charge < -0.3 is 9.47 Å². The molecular formula is C16H28O3. The Labute approximate surface area is 117 Å². The van der Waals surface area contributed by atoms with Gasteiger partial charge in [0.25, 0.3) is 0 Å². The summed E-state index contributed by atoms with van der Waals surface area (Å²) in [5, 5.41) is 0. The van der Waals surface area contributed by atoms with Gasteiger partial charge in [-0.1, -0.05) is 27.2 Å². The summed E-state index contributed by atoms with van der Waals surface area (Å²) in [6.45, 7) is 7.85. The number of carbonyl (C=O) groups is 1. The van der Waals surface area contributed by atoms with Crippen LogP contribution in [-0.2, 0) is 14.3 Å². The van der Waals surface area contributed by atoms with Crippen LogP contribution in [0.2, 0.25) is 0 Å². The van der Waals surface area contributed by atoms with Gasteiger partial charge in [0.15, 0.2) is 0 Å². The van der Waals surface area contributed by atoms with Gasteiger partial charge in [0.05, 0.1) is 19.1 Å². The second-order valence-electron chi connectivity index (χ2n) is 6.94. The lowest BCUT2D eigenvalue weighted by molar-refractivity contribution is -0.155. The molecule has 3 nitrogen and oxygen atoms in total. The number of esters is 1. The molecule has 4 unspecified atom stereocenters. The predicted molar refractivity (Wildman–Crippen MR) is 74.8 cm³/mol. The number of hydrogen-bond donors (Lipinski definition) is 0. The second-order valence-corrected chi connectivity index (χ2v) is 6.94. The number of rotatable bonds is 2. The molecule has 0 spiro atoms. The van der Waals surface area contributed by atoms with Gasteiger partial charge in [0.2, 0.25) is 0 Å². The summed E-state index contributed by atoms with van der Waals surface area (Å²) in [4.78, 5) is 11.9. The second kappa shape index (κ2) is 6.74. The van der Waals surface area contributed by atoms with Crippen molar-refractivity contribution >= 4 is 5.97 Å². The Bertz CT molecular complexity index is 292. The van der Waals surface area contributed by atoms with Gasteiger partial charge in [-0.2, -0.15) is 0 Å². The highest BCUT2D eigenvalue weighted by Crippen LogP contribution is 2.48. The lowest BCUT2D eigenvalue weighted by Gasteiger charge is -2.21. The van der Waals surface area contributed by atoms with Crippen LogP contribution in [0.5, 0.6) is 0 Å². The fraction of sp³-hybridized carbons (Fsp3) is 0.938. The van der Waals surface area contributed by atoms with Crippen LogP contribution < -0.4 is 0 Å². The summed E-state index contributed by atoms with van der Waals surface area (Å²) in [6.07, 6.45) is 5.84. The van der Waals surface area contributed by atoms with Crippen molar-refractivity contribution in [2.75, 3.05) is 13.2 Å². The molecule has 2 saturated carbocycles. The van der Waals surface area contributed by atoms with E-state index in [4.69, 9.17) is 9.47 Å². The van der Waals surface area contributed by atoms with Gasteiger partial charge in [-0.25, -0.2) is 0 Å². The quantitative estimate of drug-likeness (QED) is 0.720. The van der Waals surface area contributed by atoms with E-state index in [0.29, 0.717) is 12.5 Å². The van der Waals surface area contributed by atoms with Crippen LogP contribution in [0.25, 0.3) is 0 Å². The Morgan fingerprint density at radius 3 is 2.37 bits per heavy atom. The van der Waals surface area contributed by atoms with Gasteiger partial charge in [0, 0.05) is 6.42 Å². The zero-order valence-electron chi connectivity index (χ0n) is 12.6. The maximum absolute atomic E-state index is 11.9. The first kappa shape index (κ1) is 14.8. The van der Waals surface area contributed by atoms with Crippen LogP contribution in [0, 0.1) is 23.7 Å². The molecular weight excluding hydrogens is 240 g/mol. The van der Waals surface area contributed by atoms with Gasteiger partial charge in [-0.3, -0.25) is 4.79 Å². The summed E-state index contributed by atoms with van der Waals surface area (Å²) in [5.74, 6) is 2.54. The molecule has 0 amide bonds. The SMILES string of the molecule is CC(C)C.O=C(OC1CCOC1)C1CC2CCC1C2. The van der Waals surface area contributed by atoms with Gasteiger partial charge >= 0.3 is 5.97 Å². The fourth-order valence-electron chi connectivity index (χ4n) is 3.39. The van der Waals surface area contributed by atoms with Crippen LogP contribution in [0.15, 0.2) is 0 Å². The van der Waals surface area contributed by atoms with Gasteiger partial charge in [0.1, 0.15) is 6.10 Å². The minimum Gasteiger partial charge on any atom is -0.460 e. The average Bonchev–Trinajstić information content (AvgIpc) is 3.04. The van der Waals surface area contributed by atoms with E-state index >= 15 is 0 Å².